The maximum atomic E-state index is 14.7. The molecule has 38 heavy (non-hydrogen) atoms. The first-order valence-electron chi connectivity index (χ1n) is 11.0. The van der Waals surface area contributed by atoms with Gasteiger partial charge >= 0.3 is 12.2 Å². The third-order valence-corrected chi connectivity index (χ3v) is 5.75. The molecule has 3 aromatic heterocycles. The number of anilines is 2. The fourth-order valence-corrected chi connectivity index (χ4v) is 4.00. The fraction of sp³-hybridized carbons (Fsp3) is 0.0800. The van der Waals surface area contributed by atoms with Gasteiger partial charge in [0, 0.05) is 30.3 Å². The summed E-state index contributed by atoms with van der Waals surface area (Å²) < 4.78 is 62.8. The van der Waals surface area contributed by atoms with E-state index >= 15 is 0 Å². The van der Waals surface area contributed by atoms with Crippen molar-refractivity contribution in [3.05, 3.63) is 89.5 Å². The minimum absolute atomic E-state index is 0.123. The van der Waals surface area contributed by atoms with E-state index < -0.39 is 23.6 Å². The molecule has 0 spiro atoms. The molecule has 0 atom stereocenters. The van der Waals surface area contributed by atoms with Crippen molar-refractivity contribution in [2.24, 2.45) is 0 Å². The van der Waals surface area contributed by atoms with Crippen LogP contribution in [-0.2, 0) is 6.18 Å². The minimum atomic E-state index is -4.70. The number of H-pyrrole nitrogens is 1. The van der Waals surface area contributed by atoms with Crippen molar-refractivity contribution >= 4 is 40.0 Å². The number of urea groups is 1. The molecule has 0 radical (unpaired) electrons. The number of imidazole rings is 1. The topological polar surface area (TPSA) is 96.9 Å². The maximum Gasteiger partial charge on any atom is 0.418 e. The number of benzene rings is 2. The molecule has 0 fully saturated rings. The van der Waals surface area contributed by atoms with Crippen LogP contribution in [0.4, 0.5) is 33.7 Å². The van der Waals surface area contributed by atoms with Crippen LogP contribution in [0.1, 0.15) is 11.3 Å². The molecular formula is C25H17ClF4N6O2. The summed E-state index contributed by atoms with van der Waals surface area (Å²) in [7, 11) is 0. The highest BCUT2D eigenvalue weighted by Crippen LogP contribution is 2.36. The summed E-state index contributed by atoms with van der Waals surface area (Å²) in [4.78, 5) is 23.4. The largest absolute Gasteiger partial charge is 0.456 e. The highest BCUT2D eigenvalue weighted by Gasteiger charge is 2.34. The van der Waals surface area contributed by atoms with Crippen molar-refractivity contribution in [3.8, 4) is 17.2 Å². The van der Waals surface area contributed by atoms with Crippen LogP contribution in [-0.4, -0.2) is 25.6 Å². The van der Waals surface area contributed by atoms with Gasteiger partial charge < -0.3 is 24.9 Å². The van der Waals surface area contributed by atoms with Crippen LogP contribution in [0.15, 0.2) is 67.4 Å². The normalized spacial score (nSPS) is 11.5. The quantitative estimate of drug-likeness (QED) is 0.202. The number of carbonyl (C=O) groups excluding carboxylic acids is 1. The van der Waals surface area contributed by atoms with Crippen molar-refractivity contribution < 1.29 is 27.1 Å². The average Bonchev–Trinajstić information content (AvgIpc) is 3.46. The minimum Gasteiger partial charge on any atom is -0.456 e. The van der Waals surface area contributed by atoms with E-state index in [0.717, 1.165) is 12.1 Å². The molecule has 0 bridgehead atoms. The summed E-state index contributed by atoms with van der Waals surface area (Å²) >= 11 is 6.15. The molecule has 0 aliphatic carbocycles. The zero-order valence-electron chi connectivity index (χ0n) is 19.4. The summed E-state index contributed by atoms with van der Waals surface area (Å²) in [5.41, 5.74) is -0.451. The van der Waals surface area contributed by atoms with E-state index in [1.165, 1.54) is 47.6 Å². The second-order valence-corrected chi connectivity index (χ2v) is 8.55. The van der Waals surface area contributed by atoms with E-state index in [9.17, 15) is 22.4 Å². The fourth-order valence-electron chi connectivity index (χ4n) is 3.76. The number of alkyl halides is 3. The number of nitrogens with zero attached hydrogens (tertiary/aromatic N) is 3. The predicted molar refractivity (Wildman–Crippen MR) is 134 cm³/mol. The van der Waals surface area contributed by atoms with Gasteiger partial charge in [-0.2, -0.15) is 13.2 Å². The first kappa shape index (κ1) is 25.1. The van der Waals surface area contributed by atoms with Crippen molar-refractivity contribution in [2.45, 2.75) is 13.1 Å². The van der Waals surface area contributed by atoms with Gasteiger partial charge in [-0.1, -0.05) is 11.6 Å². The molecule has 3 N–H and O–H groups in total. The van der Waals surface area contributed by atoms with E-state index in [2.05, 4.69) is 25.6 Å². The van der Waals surface area contributed by atoms with E-state index in [1.54, 1.807) is 19.2 Å². The van der Waals surface area contributed by atoms with E-state index in [1.807, 2.05) is 0 Å². The van der Waals surface area contributed by atoms with Crippen LogP contribution < -0.4 is 15.4 Å². The third-order valence-electron chi connectivity index (χ3n) is 5.45. The molecule has 13 heteroatoms. The van der Waals surface area contributed by atoms with Crippen LogP contribution in [0.5, 0.6) is 11.5 Å². The Morgan fingerprint density at radius 3 is 2.63 bits per heavy atom. The second-order valence-electron chi connectivity index (χ2n) is 8.14. The molecule has 0 saturated carbocycles. The Morgan fingerprint density at radius 1 is 1.11 bits per heavy atom. The molecular weight excluding hydrogens is 528 g/mol. The monoisotopic (exact) mass is 544 g/mol. The Labute approximate surface area is 217 Å². The van der Waals surface area contributed by atoms with Crippen LogP contribution >= 0.6 is 11.6 Å². The summed E-state index contributed by atoms with van der Waals surface area (Å²) in [5.74, 6) is -0.364. The number of aromatic nitrogens is 4. The van der Waals surface area contributed by atoms with E-state index in [4.69, 9.17) is 16.3 Å². The number of aromatic amines is 1. The lowest BCUT2D eigenvalue weighted by atomic mass is 10.1. The summed E-state index contributed by atoms with van der Waals surface area (Å²) in [5, 5.41) is 5.47. The third kappa shape index (κ3) is 5.11. The maximum absolute atomic E-state index is 14.7. The highest BCUT2D eigenvalue weighted by molar-refractivity contribution is 6.36. The SMILES string of the molecule is Cc1cn(-c2ccc(NC(=O)Nc3ccc(Oc4ccnc5[nH]cc(Cl)c45)cc3F)cc2C(F)(F)F)cn1. The standard InChI is InChI=1S/C25H17ClF4N6O2/c1-13-11-36(12-33-13)20-5-2-14(8-16(20)25(28,29)30)34-24(37)35-19-4-3-15(9-18(19)27)38-21-6-7-31-23-22(21)17(26)10-32-23/h2-12H,1H3,(H,31,32)(H2,34,35,37). The van der Waals surface area contributed by atoms with Gasteiger partial charge in [0.1, 0.15) is 23.0 Å². The number of hydrogen-bond acceptors (Lipinski definition) is 4. The lowest BCUT2D eigenvalue weighted by Crippen LogP contribution is -2.21. The number of halogens is 5. The first-order chi connectivity index (χ1) is 18.1. The van der Waals surface area contributed by atoms with Crippen molar-refractivity contribution in [1.82, 2.24) is 19.5 Å². The number of carbonyl (C=O) groups is 1. The zero-order chi connectivity index (χ0) is 27.0. The summed E-state index contributed by atoms with van der Waals surface area (Å²) in [6, 6.07) is 7.64. The Bertz CT molecular complexity index is 1660. The zero-order valence-corrected chi connectivity index (χ0v) is 20.2. The van der Waals surface area contributed by atoms with Gasteiger partial charge in [0.2, 0.25) is 0 Å². The summed E-state index contributed by atoms with van der Waals surface area (Å²) in [6.45, 7) is 1.65. The Balaban J connectivity index is 1.31. The van der Waals surface area contributed by atoms with Gasteiger partial charge in [-0.05, 0) is 43.3 Å². The number of amides is 2. The van der Waals surface area contributed by atoms with Gasteiger partial charge in [-0.3, -0.25) is 0 Å². The van der Waals surface area contributed by atoms with Crippen LogP contribution in [0.25, 0.3) is 16.7 Å². The summed E-state index contributed by atoms with van der Waals surface area (Å²) in [6.07, 6.45) is 1.05. The van der Waals surface area contributed by atoms with E-state index in [0.29, 0.717) is 27.5 Å². The Morgan fingerprint density at radius 2 is 1.92 bits per heavy atom. The lowest BCUT2D eigenvalue weighted by molar-refractivity contribution is -0.137. The number of rotatable bonds is 5. The van der Waals surface area contributed by atoms with Gasteiger partial charge in [-0.15, -0.1) is 0 Å². The van der Waals surface area contributed by atoms with Crippen molar-refractivity contribution in [1.29, 1.82) is 0 Å². The number of fused-ring (bicyclic) bond motifs is 1. The molecule has 5 aromatic rings. The van der Waals surface area contributed by atoms with Gasteiger partial charge in [0.05, 0.1) is 39.4 Å². The molecule has 0 aliphatic heterocycles. The Hall–Kier alpha value is -4.58. The smallest absolute Gasteiger partial charge is 0.418 e. The Kier molecular flexibility index (Phi) is 6.41. The molecule has 0 aliphatic rings. The number of aryl methyl sites for hydroxylation is 1. The number of hydrogen-bond donors (Lipinski definition) is 3. The van der Waals surface area contributed by atoms with Gasteiger partial charge in [0.25, 0.3) is 0 Å². The molecule has 194 valence electrons. The molecule has 3 heterocycles. The van der Waals surface area contributed by atoms with Crippen LogP contribution in [0.3, 0.4) is 0 Å². The van der Waals surface area contributed by atoms with Crippen LogP contribution in [0, 0.1) is 12.7 Å². The van der Waals surface area contributed by atoms with E-state index in [-0.39, 0.29) is 22.8 Å². The molecule has 2 amide bonds. The predicted octanol–water partition coefficient (Wildman–Crippen LogP) is 7.30. The second kappa shape index (κ2) is 9.71. The van der Waals surface area contributed by atoms with Crippen LogP contribution in [0.2, 0.25) is 5.02 Å². The molecule has 2 aromatic carbocycles. The van der Waals surface area contributed by atoms with Crippen molar-refractivity contribution in [2.75, 3.05) is 10.6 Å². The molecule has 0 saturated heterocycles. The number of nitrogens with one attached hydrogen (secondary N) is 3. The number of pyridine rings is 1. The molecule has 5 rings (SSSR count). The molecule has 8 nitrogen and oxygen atoms in total. The number of ether oxygens (including phenoxy) is 1. The molecule has 0 unspecified atom stereocenters. The highest BCUT2D eigenvalue weighted by atomic mass is 35.5. The lowest BCUT2D eigenvalue weighted by Gasteiger charge is -2.16. The first-order valence-corrected chi connectivity index (χ1v) is 11.4. The van der Waals surface area contributed by atoms with Gasteiger partial charge in [-0.25, -0.2) is 19.2 Å². The van der Waals surface area contributed by atoms with Gasteiger partial charge in [0.15, 0.2) is 0 Å². The average molecular weight is 545 g/mol. The van der Waals surface area contributed by atoms with Crippen molar-refractivity contribution in [3.63, 3.8) is 0 Å².